The first-order chi connectivity index (χ1) is 8.65. The van der Waals surface area contributed by atoms with Crippen molar-refractivity contribution in [2.24, 2.45) is 0 Å². The first-order valence-corrected chi connectivity index (χ1v) is 7.30. The molecule has 0 saturated heterocycles. The van der Waals surface area contributed by atoms with Crippen LogP contribution >= 0.6 is 27.5 Å². The van der Waals surface area contributed by atoms with Gasteiger partial charge in [0, 0.05) is 6.07 Å². The standard InChI is InChI=1S/C13H18BrClFNO/c1-2-17-6-4-3-5-7-18-13-9-12(16)11(15)8-10(13)14/h8-9,17H,2-7H2,1H3. The number of nitrogens with one attached hydrogen (secondary N) is 1. The summed E-state index contributed by atoms with van der Waals surface area (Å²) in [6.45, 7) is 4.73. The van der Waals surface area contributed by atoms with E-state index in [4.69, 9.17) is 16.3 Å². The predicted octanol–water partition coefficient (Wildman–Crippen LogP) is 4.40. The Morgan fingerprint density at radius 1 is 1.33 bits per heavy atom. The zero-order chi connectivity index (χ0) is 13.4. The molecule has 1 N–H and O–H groups in total. The van der Waals surface area contributed by atoms with Crippen LogP contribution in [0.1, 0.15) is 26.2 Å². The van der Waals surface area contributed by atoms with Gasteiger partial charge in [0.1, 0.15) is 11.6 Å². The summed E-state index contributed by atoms with van der Waals surface area (Å²) in [7, 11) is 0. The Bertz CT molecular complexity index is 376. The average molecular weight is 339 g/mol. The van der Waals surface area contributed by atoms with Crippen LogP contribution in [0.4, 0.5) is 4.39 Å². The van der Waals surface area contributed by atoms with Crippen molar-refractivity contribution in [3.8, 4) is 5.75 Å². The smallest absolute Gasteiger partial charge is 0.145 e. The van der Waals surface area contributed by atoms with Crippen LogP contribution in [-0.2, 0) is 0 Å². The molecule has 0 amide bonds. The summed E-state index contributed by atoms with van der Waals surface area (Å²) in [5, 5.41) is 3.36. The van der Waals surface area contributed by atoms with Crippen LogP contribution < -0.4 is 10.1 Å². The van der Waals surface area contributed by atoms with E-state index in [1.54, 1.807) is 0 Å². The van der Waals surface area contributed by atoms with Gasteiger partial charge in [-0.3, -0.25) is 0 Å². The van der Waals surface area contributed by atoms with E-state index in [1.807, 2.05) is 0 Å². The Morgan fingerprint density at radius 2 is 2.11 bits per heavy atom. The lowest BCUT2D eigenvalue weighted by molar-refractivity contribution is 0.301. The molecule has 0 aliphatic heterocycles. The topological polar surface area (TPSA) is 21.3 Å². The molecule has 1 aromatic carbocycles. The minimum Gasteiger partial charge on any atom is -0.492 e. The second kappa shape index (κ2) is 8.73. The van der Waals surface area contributed by atoms with Crippen molar-refractivity contribution in [2.45, 2.75) is 26.2 Å². The van der Waals surface area contributed by atoms with Crippen molar-refractivity contribution in [1.82, 2.24) is 5.32 Å². The first-order valence-electron chi connectivity index (χ1n) is 6.13. The number of hydrogen-bond acceptors (Lipinski definition) is 2. The van der Waals surface area contributed by atoms with E-state index in [0.29, 0.717) is 16.8 Å². The lowest BCUT2D eigenvalue weighted by Gasteiger charge is -2.09. The molecule has 5 heteroatoms. The number of ether oxygens (including phenoxy) is 1. The Morgan fingerprint density at radius 3 is 2.83 bits per heavy atom. The molecule has 0 fully saturated rings. The Kier molecular flexibility index (Phi) is 7.63. The monoisotopic (exact) mass is 337 g/mol. The summed E-state index contributed by atoms with van der Waals surface area (Å²) in [6.07, 6.45) is 3.19. The van der Waals surface area contributed by atoms with Gasteiger partial charge in [-0.1, -0.05) is 18.5 Å². The van der Waals surface area contributed by atoms with Crippen LogP contribution in [0.15, 0.2) is 16.6 Å². The summed E-state index contributed by atoms with van der Waals surface area (Å²) in [6, 6.07) is 2.82. The van der Waals surface area contributed by atoms with Gasteiger partial charge in [0.15, 0.2) is 0 Å². The van der Waals surface area contributed by atoms with Gasteiger partial charge in [-0.2, -0.15) is 0 Å². The lowest BCUT2D eigenvalue weighted by atomic mass is 10.2. The fraction of sp³-hybridized carbons (Fsp3) is 0.538. The zero-order valence-electron chi connectivity index (χ0n) is 10.4. The molecule has 0 aliphatic carbocycles. The zero-order valence-corrected chi connectivity index (χ0v) is 12.8. The molecule has 1 rings (SSSR count). The molecule has 2 nitrogen and oxygen atoms in total. The molecule has 102 valence electrons. The summed E-state index contributed by atoms with van der Waals surface area (Å²) in [4.78, 5) is 0. The number of rotatable bonds is 8. The fourth-order valence-corrected chi connectivity index (χ4v) is 2.26. The van der Waals surface area contributed by atoms with Crippen LogP contribution in [0.2, 0.25) is 5.02 Å². The van der Waals surface area contributed by atoms with Gasteiger partial charge in [-0.25, -0.2) is 4.39 Å². The normalized spacial score (nSPS) is 10.7. The molecule has 1 aromatic rings. The van der Waals surface area contributed by atoms with Crippen LogP contribution in [0.5, 0.6) is 5.75 Å². The third kappa shape index (κ3) is 5.55. The van der Waals surface area contributed by atoms with Gasteiger partial charge >= 0.3 is 0 Å². The second-order valence-electron chi connectivity index (χ2n) is 3.96. The summed E-state index contributed by atoms with van der Waals surface area (Å²) >= 11 is 8.95. The third-order valence-corrected chi connectivity index (χ3v) is 3.39. The van der Waals surface area contributed by atoms with Crippen LogP contribution in [0.3, 0.4) is 0 Å². The second-order valence-corrected chi connectivity index (χ2v) is 5.22. The molecular weight excluding hydrogens is 321 g/mol. The fourth-order valence-electron chi connectivity index (χ4n) is 1.50. The van der Waals surface area contributed by atoms with Gasteiger partial charge < -0.3 is 10.1 Å². The Balaban J connectivity index is 2.25. The Hall–Kier alpha value is -0.320. The molecule has 0 heterocycles. The van der Waals surface area contributed by atoms with Gasteiger partial charge in [0.25, 0.3) is 0 Å². The molecule has 0 bridgehead atoms. The summed E-state index contributed by atoms with van der Waals surface area (Å²) < 4.78 is 19.4. The van der Waals surface area contributed by atoms with Crippen molar-refractivity contribution in [2.75, 3.05) is 19.7 Å². The maximum atomic E-state index is 13.2. The Labute approximate surface area is 121 Å². The van der Waals surface area contributed by atoms with Gasteiger partial charge in [-0.05, 0) is 54.3 Å². The quantitative estimate of drug-likeness (QED) is 0.560. The van der Waals surface area contributed by atoms with Crippen molar-refractivity contribution in [3.05, 3.63) is 27.4 Å². The van der Waals surface area contributed by atoms with Crippen LogP contribution in [0, 0.1) is 5.82 Å². The third-order valence-electron chi connectivity index (χ3n) is 2.48. The minimum absolute atomic E-state index is 0.0971. The van der Waals surface area contributed by atoms with E-state index in [-0.39, 0.29) is 5.02 Å². The molecule has 0 aliphatic rings. The molecule has 0 spiro atoms. The highest BCUT2D eigenvalue weighted by Gasteiger charge is 2.07. The SMILES string of the molecule is CCNCCCCCOc1cc(F)c(Cl)cc1Br. The molecule has 0 unspecified atom stereocenters. The number of benzene rings is 1. The highest BCUT2D eigenvalue weighted by molar-refractivity contribution is 9.10. The summed E-state index contributed by atoms with van der Waals surface area (Å²) in [5.74, 6) is 0.0468. The molecular formula is C13H18BrClFNO. The molecule has 18 heavy (non-hydrogen) atoms. The number of halogens is 3. The van der Waals surface area contributed by atoms with Crippen molar-refractivity contribution in [1.29, 1.82) is 0 Å². The van der Waals surface area contributed by atoms with E-state index in [9.17, 15) is 4.39 Å². The lowest BCUT2D eigenvalue weighted by Crippen LogP contribution is -2.14. The van der Waals surface area contributed by atoms with Gasteiger partial charge in [0.2, 0.25) is 0 Å². The van der Waals surface area contributed by atoms with E-state index < -0.39 is 5.82 Å². The van der Waals surface area contributed by atoms with E-state index in [0.717, 1.165) is 32.4 Å². The van der Waals surface area contributed by atoms with E-state index in [2.05, 4.69) is 28.2 Å². The maximum absolute atomic E-state index is 13.2. The number of hydrogen-bond donors (Lipinski definition) is 1. The van der Waals surface area contributed by atoms with Crippen molar-refractivity contribution in [3.63, 3.8) is 0 Å². The van der Waals surface area contributed by atoms with Crippen molar-refractivity contribution < 1.29 is 9.13 Å². The van der Waals surface area contributed by atoms with E-state index >= 15 is 0 Å². The maximum Gasteiger partial charge on any atom is 0.145 e. The highest BCUT2D eigenvalue weighted by atomic mass is 79.9. The molecule has 0 atom stereocenters. The highest BCUT2D eigenvalue weighted by Crippen LogP contribution is 2.30. The first kappa shape index (κ1) is 15.7. The van der Waals surface area contributed by atoms with Gasteiger partial charge in [0.05, 0.1) is 16.1 Å². The molecule has 0 saturated carbocycles. The van der Waals surface area contributed by atoms with E-state index in [1.165, 1.54) is 12.1 Å². The van der Waals surface area contributed by atoms with Crippen LogP contribution in [0.25, 0.3) is 0 Å². The van der Waals surface area contributed by atoms with Crippen LogP contribution in [-0.4, -0.2) is 19.7 Å². The molecule has 0 radical (unpaired) electrons. The predicted molar refractivity (Wildman–Crippen MR) is 77.0 cm³/mol. The largest absolute Gasteiger partial charge is 0.492 e. The summed E-state index contributed by atoms with van der Waals surface area (Å²) in [5.41, 5.74) is 0. The van der Waals surface area contributed by atoms with Crippen molar-refractivity contribution >= 4 is 27.5 Å². The minimum atomic E-state index is -0.456. The average Bonchev–Trinajstić information content (AvgIpc) is 2.34. The molecule has 0 aromatic heterocycles. The number of unbranched alkanes of at least 4 members (excludes halogenated alkanes) is 2. The van der Waals surface area contributed by atoms with Gasteiger partial charge in [-0.15, -0.1) is 0 Å².